The number of aryl methyl sites for hydroxylation is 1. The maximum atomic E-state index is 13.5. The van der Waals surface area contributed by atoms with Crippen LogP contribution >= 0.6 is 23.2 Å². The summed E-state index contributed by atoms with van der Waals surface area (Å²) in [5.41, 5.74) is 3.00. The van der Waals surface area contributed by atoms with E-state index in [9.17, 15) is 18.0 Å². The zero-order chi connectivity index (χ0) is 27.0. The molecule has 0 spiro atoms. The van der Waals surface area contributed by atoms with Crippen LogP contribution in [0, 0.1) is 13.8 Å². The number of sulfonamides is 1. The zero-order valence-electron chi connectivity index (χ0n) is 21.5. The van der Waals surface area contributed by atoms with Crippen molar-refractivity contribution in [2.75, 3.05) is 23.7 Å². The summed E-state index contributed by atoms with van der Waals surface area (Å²) in [6.07, 6.45) is 1.88. The fraction of sp³-hybridized carbons (Fsp3) is 0.462. The number of hydrogen-bond acceptors (Lipinski definition) is 4. The molecule has 2 amide bonds. The van der Waals surface area contributed by atoms with Crippen LogP contribution < -0.4 is 9.62 Å². The van der Waals surface area contributed by atoms with Crippen molar-refractivity contribution in [3.63, 3.8) is 0 Å². The van der Waals surface area contributed by atoms with Crippen molar-refractivity contribution < 1.29 is 18.0 Å². The van der Waals surface area contributed by atoms with Gasteiger partial charge in [-0.25, -0.2) is 8.42 Å². The molecule has 0 aliphatic heterocycles. The monoisotopic (exact) mass is 555 g/mol. The lowest BCUT2D eigenvalue weighted by molar-refractivity contribution is -0.141. The van der Waals surface area contributed by atoms with Gasteiger partial charge in [0.2, 0.25) is 21.8 Å². The van der Waals surface area contributed by atoms with Gasteiger partial charge in [0.15, 0.2) is 0 Å². The Hall–Kier alpha value is -2.29. The Morgan fingerprint density at radius 3 is 2.19 bits per heavy atom. The van der Waals surface area contributed by atoms with Crippen LogP contribution in [0.3, 0.4) is 0 Å². The molecule has 0 unspecified atom stereocenters. The first kappa shape index (κ1) is 29.9. The van der Waals surface area contributed by atoms with E-state index in [1.165, 1.54) is 9.21 Å². The van der Waals surface area contributed by atoms with Crippen molar-refractivity contribution in [1.82, 2.24) is 10.2 Å². The minimum atomic E-state index is -3.57. The first-order chi connectivity index (χ1) is 16.9. The average Bonchev–Trinajstić information content (AvgIpc) is 2.80. The summed E-state index contributed by atoms with van der Waals surface area (Å²) in [7, 11) is -3.57. The van der Waals surface area contributed by atoms with E-state index in [4.69, 9.17) is 23.2 Å². The fourth-order valence-electron chi connectivity index (χ4n) is 4.05. The van der Waals surface area contributed by atoms with Crippen LogP contribution in [0.25, 0.3) is 0 Å². The number of carbonyl (C=O) groups excluding carboxylic acids is 2. The number of halogens is 2. The summed E-state index contributed by atoms with van der Waals surface area (Å²) in [5.74, 6) is -0.539. The largest absolute Gasteiger partial charge is 0.355 e. The minimum Gasteiger partial charge on any atom is -0.355 e. The molecule has 0 saturated heterocycles. The molecule has 1 N–H and O–H groups in total. The Morgan fingerprint density at radius 2 is 1.64 bits per heavy atom. The lowest BCUT2D eigenvalue weighted by atomic mass is 10.1. The third kappa shape index (κ3) is 7.60. The van der Waals surface area contributed by atoms with Gasteiger partial charge in [0, 0.05) is 41.7 Å². The molecule has 0 saturated carbocycles. The van der Waals surface area contributed by atoms with Gasteiger partial charge in [-0.3, -0.25) is 13.9 Å². The van der Waals surface area contributed by atoms with E-state index in [2.05, 4.69) is 5.32 Å². The molecule has 0 fully saturated rings. The Labute approximate surface area is 224 Å². The number of anilines is 1. The van der Waals surface area contributed by atoms with Crippen LogP contribution in [0.2, 0.25) is 10.0 Å². The molecular formula is C26H35Cl2N3O4S. The molecule has 0 aliphatic rings. The number of rotatable bonds is 12. The van der Waals surface area contributed by atoms with Gasteiger partial charge in [0.05, 0.1) is 11.9 Å². The number of benzene rings is 2. The van der Waals surface area contributed by atoms with E-state index in [0.717, 1.165) is 17.4 Å². The molecule has 0 radical (unpaired) electrons. The van der Waals surface area contributed by atoms with Gasteiger partial charge in [-0.1, -0.05) is 48.3 Å². The number of nitrogens with one attached hydrogen (secondary N) is 1. The molecule has 2 aromatic rings. The van der Waals surface area contributed by atoms with Gasteiger partial charge in [0.1, 0.15) is 6.04 Å². The van der Waals surface area contributed by atoms with Crippen molar-refractivity contribution in [3.8, 4) is 0 Å². The van der Waals surface area contributed by atoms with Crippen molar-refractivity contribution in [2.24, 2.45) is 0 Å². The fourth-order valence-corrected chi connectivity index (χ4v) is 5.59. The van der Waals surface area contributed by atoms with E-state index in [1.807, 2.05) is 39.8 Å². The van der Waals surface area contributed by atoms with Crippen molar-refractivity contribution >= 4 is 50.7 Å². The minimum absolute atomic E-state index is 0.0505. The van der Waals surface area contributed by atoms with Gasteiger partial charge in [-0.05, 0) is 62.9 Å². The number of amides is 2. The Balaban J connectivity index is 2.29. The van der Waals surface area contributed by atoms with Crippen LogP contribution in [0.15, 0.2) is 36.4 Å². The second-order valence-electron chi connectivity index (χ2n) is 8.70. The molecule has 0 heterocycles. The molecule has 36 heavy (non-hydrogen) atoms. The summed E-state index contributed by atoms with van der Waals surface area (Å²) in [5, 5.41) is 3.60. The van der Waals surface area contributed by atoms with Gasteiger partial charge in [-0.15, -0.1) is 0 Å². The first-order valence-corrected chi connectivity index (χ1v) is 14.6. The highest BCUT2D eigenvalue weighted by Gasteiger charge is 2.29. The first-order valence-electron chi connectivity index (χ1n) is 12.0. The summed E-state index contributed by atoms with van der Waals surface area (Å²) in [6, 6.07) is 9.88. The second-order valence-corrected chi connectivity index (χ2v) is 11.4. The van der Waals surface area contributed by atoms with Crippen molar-refractivity contribution in [3.05, 3.63) is 63.1 Å². The average molecular weight is 557 g/mol. The van der Waals surface area contributed by atoms with Gasteiger partial charge in [0.25, 0.3) is 0 Å². The quantitative estimate of drug-likeness (QED) is 0.394. The predicted octanol–water partition coefficient (Wildman–Crippen LogP) is 5.10. The number of carbonyl (C=O) groups is 2. The molecule has 0 aromatic heterocycles. The second kappa shape index (κ2) is 13.3. The number of hydrogen-bond donors (Lipinski definition) is 1. The Morgan fingerprint density at radius 1 is 1.03 bits per heavy atom. The summed E-state index contributed by atoms with van der Waals surface area (Å²) < 4.78 is 26.5. The van der Waals surface area contributed by atoms with E-state index in [1.54, 1.807) is 24.3 Å². The molecule has 10 heteroatoms. The van der Waals surface area contributed by atoms with E-state index in [0.29, 0.717) is 34.3 Å². The molecule has 7 nitrogen and oxygen atoms in total. The maximum Gasteiger partial charge on any atom is 0.242 e. The smallest absolute Gasteiger partial charge is 0.242 e. The van der Waals surface area contributed by atoms with Gasteiger partial charge in [-0.2, -0.15) is 0 Å². The van der Waals surface area contributed by atoms with Crippen LogP contribution in [0.1, 0.15) is 49.8 Å². The van der Waals surface area contributed by atoms with Gasteiger partial charge >= 0.3 is 0 Å². The number of nitrogens with zero attached hydrogens (tertiary/aromatic N) is 2. The molecule has 0 bridgehead atoms. The van der Waals surface area contributed by atoms with E-state index >= 15 is 0 Å². The highest BCUT2D eigenvalue weighted by atomic mass is 35.5. The summed E-state index contributed by atoms with van der Waals surface area (Å²) >= 11 is 12.7. The maximum absolute atomic E-state index is 13.5. The summed E-state index contributed by atoms with van der Waals surface area (Å²) in [4.78, 5) is 27.7. The molecule has 1 atom stereocenters. The van der Waals surface area contributed by atoms with E-state index < -0.39 is 16.1 Å². The Bertz CT molecular complexity index is 1170. The molecule has 2 aromatic carbocycles. The highest BCUT2D eigenvalue weighted by molar-refractivity contribution is 7.92. The lowest BCUT2D eigenvalue weighted by Gasteiger charge is -2.31. The Kier molecular flexibility index (Phi) is 11.1. The molecule has 2 rings (SSSR count). The van der Waals surface area contributed by atoms with Crippen LogP contribution in [-0.4, -0.2) is 50.5 Å². The highest BCUT2D eigenvalue weighted by Crippen LogP contribution is 2.28. The predicted molar refractivity (Wildman–Crippen MR) is 147 cm³/mol. The molecular weight excluding hydrogens is 521 g/mol. The van der Waals surface area contributed by atoms with Crippen LogP contribution in [0.5, 0.6) is 0 Å². The topological polar surface area (TPSA) is 86.8 Å². The van der Waals surface area contributed by atoms with Crippen LogP contribution in [-0.2, 0) is 26.2 Å². The van der Waals surface area contributed by atoms with Crippen LogP contribution in [0.4, 0.5) is 5.69 Å². The standard InChI is InChI=1S/C26H35Cl2N3O4S/c1-6-23(26(33)29-7-2)30(17-20-21(27)12-9-13-22(20)28)25(32)15-10-16-31(36(5,34)35)24-14-8-11-18(3)19(24)4/h8-9,11-14,23H,6-7,10,15-17H2,1-5H3,(H,29,33)/t23-/m1/s1. The lowest BCUT2D eigenvalue weighted by Crippen LogP contribution is -2.49. The van der Waals surface area contributed by atoms with Gasteiger partial charge < -0.3 is 10.2 Å². The molecule has 0 aliphatic carbocycles. The normalized spacial score (nSPS) is 12.2. The third-order valence-electron chi connectivity index (χ3n) is 6.12. The summed E-state index contributed by atoms with van der Waals surface area (Å²) in [6.45, 7) is 8.08. The molecule has 198 valence electrons. The zero-order valence-corrected chi connectivity index (χ0v) is 23.8. The SMILES string of the molecule is CCNC(=O)[C@@H](CC)N(Cc1c(Cl)cccc1Cl)C(=O)CCCN(c1cccc(C)c1C)S(C)(=O)=O. The third-order valence-corrected chi connectivity index (χ3v) is 8.01. The van der Waals surface area contributed by atoms with Crippen molar-refractivity contribution in [1.29, 1.82) is 0 Å². The van der Waals surface area contributed by atoms with E-state index in [-0.39, 0.29) is 37.7 Å². The van der Waals surface area contributed by atoms with Crippen molar-refractivity contribution in [2.45, 2.75) is 59.5 Å². The number of likely N-dealkylation sites (N-methyl/N-ethyl adjacent to an activating group) is 1.